The summed E-state index contributed by atoms with van der Waals surface area (Å²) in [5.41, 5.74) is 0.664. The molecule has 2 aromatic rings. The first kappa shape index (κ1) is 29.2. The van der Waals surface area contributed by atoms with E-state index in [4.69, 9.17) is 23.2 Å². The van der Waals surface area contributed by atoms with Gasteiger partial charge in [-0.05, 0) is 49.1 Å². The zero-order valence-electron chi connectivity index (χ0n) is 20.9. The Balaban J connectivity index is 1.93. The van der Waals surface area contributed by atoms with E-state index in [1.165, 1.54) is 11.0 Å². The zero-order valence-corrected chi connectivity index (χ0v) is 23.3. The van der Waals surface area contributed by atoms with Crippen molar-refractivity contribution in [3.63, 3.8) is 0 Å². The molecule has 2 amide bonds. The zero-order chi connectivity index (χ0) is 27.2. The van der Waals surface area contributed by atoms with Crippen LogP contribution in [0.5, 0.6) is 0 Å². The molecule has 0 aliphatic heterocycles. The molecule has 0 radical (unpaired) electrons. The second kappa shape index (κ2) is 12.9. The number of hydrogen-bond acceptors (Lipinski definition) is 4. The SMILES string of the molecule is CC[C@@H](C(=O)NC1CCCCC1)N(Cc1ccccc1Cl)C(=O)CN(c1ccc(F)c(Cl)c1)S(C)(=O)=O. The van der Waals surface area contributed by atoms with Crippen molar-refractivity contribution in [2.24, 2.45) is 0 Å². The van der Waals surface area contributed by atoms with Crippen molar-refractivity contribution in [2.45, 2.75) is 64.1 Å². The molecule has 1 aliphatic carbocycles. The van der Waals surface area contributed by atoms with Gasteiger partial charge in [-0.2, -0.15) is 0 Å². The molecule has 1 N–H and O–H groups in total. The topological polar surface area (TPSA) is 86.8 Å². The minimum Gasteiger partial charge on any atom is -0.352 e. The number of rotatable bonds is 10. The van der Waals surface area contributed by atoms with Crippen LogP contribution in [0.2, 0.25) is 10.0 Å². The number of carbonyl (C=O) groups excluding carboxylic acids is 2. The third-order valence-corrected chi connectivity index (χ3v) is 8.31. The van der Waals surface area contributed by atoms with Gasteiger partial charge in [-0.1, -0.05) is 67.6 Å². The highest BCUT2D eigenvalue weighted by molar-refractivity contribution is 7.92. The number of carbonyl (C=O) groups is 2. The molecule has 1 saturated carbocycles. The molecule has 11 heteroatoms. The number of benzene rings is 2. The van der Waals surface area contributed by atoms with Crippen molar-refractivity contribution in [3.05, 3.63) is 63.9 Å². The van der Waals surface area contributed by atoms with E-state index >= 15 is 0 Å². The average molecular weight is 573 g/mol. The fraction of sp³-hybridized carbons (Fsp3) is 0.462. The quantitative estimate of drug-likeness (QED) is 0.427. The molecule has 2 aromatic carbocycles. The first-order chi connectivity index (χ1) is 17.5. The van der Waals surface area contributed by atoms with Crippen LogP contribution in [0.15, 0.2) is 42.5 Å². The first-order valence-electron chi connectivity index (χ1n) is 12.3. The van der Waals surface area contributed by atoms with E-state index in [9.17, 15) is 22.4 Å². The molecule has 3 rings (SSSR count). The van der Waals surface area contributed by atoms with Crippen LogP contribution >= 0.6 is 23.2 Å². The highest BCUT2D eigenvalue weighted by Gasteiger charge is 2.33. The molecule has 0 aromatic heterocycles. The van der Waals surface area contributed by atoms with Gasteiger partial charge in [-0.25, -0.2) is 12.8 Å². The van der Waals surface area contributed by atoms with Crippen LogP contribution in [0.25, 0.3) is 0 Å². The van der Waals surface area contributed by atoms with Gasteiger partial charge in [0.15, 0.2) is 0 Å². The first-order valence-corrected chi connectivity index (χ1v) is 14.9. The van der Waals surface area contributed by atoms with E-state index in [-0.39, 0.29) is 29.2 Å². The van der Waals surface area contributed by atoms with Gasteiger partial charge < -0.3 is 10.2 Å². The fourth-order valence-corrected chi connectivity index (χ4v) is 5.74. The van der Waals surface area contributed by atoms with Crippen LogP contribution in [0, 0.1) is 5.82 Å². The number of hydrogen-bond donors (Lipinski definition) is 1. The molecule has 7 nitrogen and oxygen atoms in total. The van der Waals surface area contributed by atoms with E-state index in [0.29, 0.717) is 17.0 Å². The summed E-state index contributed by atoms with van der Waals surface area (Å²) < 4.78 is 39.9. The Morgan fingerprint density at radius 1 is 1.08 bits per heavy atom. The maximum absolute atomic E-state index is 13.7. The van der Waals surface area contributed by atoms with Crippen LogP contribution < -0.4 is 9.62 Å². The Bertz CT molecular complexity index is 1220. The summed E-state index contributed by atoms with van der Waals surface area (Å²) in [7, 11) is -3.95. The lowest BCUT2D eigenvalue weighted by Crippen LogP contribution is -2.54. The Kier molecular flexibility index (Phi) is 10.2. The van der Waals surface area contributed by atoms with Gasteiger partial charge in [0, 0.05) is 17.6 Å². The summed E-state index contributed by atoms with van der Waals surface area (Å²) >= 11 is 12.2. The highest BCUT2D eigenvalue weighted by atomic mass is 35.5. The van der Waals surface area contributed by atoms with Crippen LogP contribution in [-0.2, 0) is 26.2 Å². The predicted octanol–water partition coefficient (Wildman–Crippen LogP) is 5.15. The van der Waals surface area contributed by atoms with Gasteiger partial charge in [0.2, 0.25) is 21.8 Å². The van der Waals surface area contributed by atoms with Gasteiger partial charge in [0.1, 0.15) is 18.4 Å². The standard InChI is InChI=1S/C26H32Cl2FN3O4S/c1-3-24(26(34)30-19-10-5-4-6-11-19)31(16-18-9-7-8-12-21(18)27)25(33)17-32(37(2,35)36)20-13-14-23(29)22(28)15-20/h7-9,12-15,19,24H,3-6,10-11,16-17H2,1-2H3,(H,30,34)/t24-/m0/s1. The summed E-state index contributed by atoms with van der Waals surface area (Å²) in [6, 6.07) is 9.59. The Morgan fingerprint density at radius 3 is 2.35 bits per heavy atom. The van der Waals surface area contributed by atoms with E-state index in [0.717, 1.165) is 54.8 Å². The lowest BCUT2D eigenvalue weighted by molar-refractivity contribution is -0.140. The van der Waals surface area contributed by atoms with E-state index in [1.807, 2.05) is 0 Å². The number of nitrogens with one attached hydrogen (secondary N) is 1. The van der Waals surface area contributed by atoms with Crippen molar-refractivity contribution < 1.29 is 22.4 Å². The Morgan fingerprint density at radius 2 is 1.76 bits per heavy atom. The van der Waals surface area contributed by atoms with Gasteiger partial charge in [0.25, 0.3) is 0 Å². The molecule has 202 valence electrons. The summed E-state index contributed by atoms with van der Waals surface area (Å²) in [5, 5.41) is 3.23. The van der Waals surface area contributed by atoms with Gasteiger partial charge in [0.05, 0.1) is 17.0 Å². The predicted molar refractivity (Wildman–Crippen MR) is 145 cm³/mol. The Hall–Kier alpha value is -2.36. The molecule has 0 unspecified atom stereocenters. The second-order valence-corrected chi connectivity index (χ2v) is 12.0. The number of amides is 2. The summed E-state index contributed by atoms with van der Waals surface area (Å²) in [6.45, 7) is 1.21. The summed E-state index contributed by atoms with van der Waals surface area (Å²) in [5.74, 6) is -1.60. The molecular formula is C26H32Cl2FN3O4S. The smallest absolute Gasteiger partial charge is 0.244 e. The molecular weight excluding hydrogens is 540 g/mol. The molecule has 0 spiro atoms. The molecule has 1 fully saturated rings. The number of sulfonamides is 1. The summed E-state index contributed by atoms with van der Waals surface area (Å²) in [6.07, 6.45) is 6.23. The largest absolute Gasteiger partial charge is 0.352 e. The molecule has 1 aliphatic rings. The van der Waals surface area contributed by atoms with Crippen molar-refractivity contribution >= 4 is 50.7 Å². The molecule has 1 atom stereocenters. The third kappa shape index (κ3) is 7.82. The van der Waals surface area contributed by atoms with Crippen molar-refractivity contribution in [2.75, 3.05) is 17.1 Å². The van der Waals surface area contributed by atoms with Crippen LogP contribution in [0.1, 0.15) is 51.0 Å². The average Bonchev–Trinajstić information content (AvgIpc) is 2.85. The monoisotopic (exact) mass is 571 g/mol. The van der Waals surface area contributed by atoms with Crippen LogP contribution in [0.4, 0.5) is 10.1 Å². The Labute approximate surface area is 228 Å². The van der Waals surface area contributed by atoms with E-state index in [2.05, 4.69) is 5.32 Å². The highest BCUT2D eigenvalue weighted by Crippen LogP contribution is 2.26. The van der Waals surface area contributed by atoms with E-state index < -0.39 is 34.3 Å². The minimum atomic E-state index is -3.95. The lowest BCUT2D eigenvalue weighted by Gasteiger charge is -2.34. The van der Waals surface area contributed by atoms with Gasteiger partial charge >= 0.3 is 0 Å². The molecule has 37 heavy (non-hydrogen) atoms. The normalized spacial score (nSPS) is 15.2. The molecule has 0 heterocycles. The van der Waals surface area contributed by atoms with Crippen molar-refractivity contribution in [3.8, 4) is 0 Å². The van der Waals surface area contributed by atoms with E-state index in [1.54, 1.807) is 31.2 Å². The number of anilines is 1. The molecule has 0 bridgehead atoms. The minimum absolute atomic E-state index is 0.0108. The lowest BCUT2D eigenvalue weighted by atomic mass is 9.95. The van der Waals surface area contributed by atoms with Crippen LogP contribution in [0.3, 0.4) is 0 Å². The maximum atomic E-state index is 13.7. The fourth-order valence-electron chi connectivity index (χ4n) is 4.53. The molecule has 0 saturated heterocycles. The van der Waals surface area contributed by atoms with Crippen LogP contribution in [-0.4, -0.2) is 50.0 Å². The summed E-state index contributed by atoms with van der Waals surface area (Å²) in [4.78, 5) is 28.5. The number of nitrogens with zero attached hydrogens (tertiary/aromatic N) is 2. The van der Waals surface area contributed by atoms with Gasteiger partial charge in [-0.15, -0.1) is 0 Å². The maximum Gasteiger partial charge on any atom is 0.244 e. The third-order valence-electron chi connectivity index (χ3n) is 6.51. The van der Waals surface area contributed by atoms with Crippen molar-refractivity contribution in [1.82, 2.24) is 10.2 Å². The second-order valence-electron chi connectivity index (χ2n) is 9.25. The number of halogens is 3. The van der Waals surface area contributed by atoms with Crippen molar-refractivity contribution in [1.29, 1.82) is 0 Å². The van der Waals surface area contributed by atoms with Gasteiger partial charge in [-0.3, -0.25) is 13.9 Å².